The van der Waals surface area contributed by atoms with Crippen molar-refractivity contribution in [2.45, 2.75) is 46.1 Å². The molecule has 4 heteroatoms. The molecule has 0 amide bonds. The number of halogens is 1. The highest BCUT2D eigenvalue weighted by molar-refractivity contribution is 9.10. The molecule has 1 unspecified atom stereocenters. The van der Waals surface area contributed by atoms with Crippen LogP contribution >= 0.6 is 15.9 Å². The van der Waals surface area contributed by atoms with Gasteiger partial charge in [0.1, 0.15) is 0 Å². The summed E-state index contributed by atoms with van der Waals surface area (Å²) in [6.07, 6.45) is 2.82. The summed E-state index contributed by atoms with van der Waals surface area (Å²) in [5.41, 5.74) is 10.6. The second-order valence-electron chi connectivity index (χ2n) is 5.21. The average molecular weight is 336 g/mol. The summed E-state index contributed by atoms with van der Waals surface area (Å²) in [7, 11) is 0. The SMILES string of the molecule is CCc1cc(CC)n(-c2ccc(CC(C)N)cc2Br)n1. The number of rotatable bonds is 5. The maximum absolute atomic E-state index is 5.86. The fourth-order valence-electron chi connectivity index (χ4n) is 2.33. The first-order valence-corrected chi connectivity index (χ1v) is 7.96. The fraction of sp³-hybridized carbons (Fsp3) is 0.438. The van der Waals surface area contributed by atoms with Crippen molar-refractivity contribution < 1.29 is 0 Å². The van der Waals surface area contributed by atoms with Gasteiger partial charge in [0.05, 0.1) is 11.4 Å². The zero-order chi connectivity index (χ0) is 14.7. The van der Waals surface area contributed by atoms with Gasteiger partial charge in [0, 0.05) is 16.2 Å². The topological polar surface area (TPSA) is 43.8 Å². The normalized spacial score (nSPS) is 12.7. The molecule has 0 aliphatic heterocycles. The Morgan fingerprint density at radius 3 is 2.55 bits per heavy atom. The second-order valence-corrected chi connectivity index (χ2v) is 6.07. The van der Waals surface area contributed by atoms with Gasteiger partial charge in [-0.1, -0.05) is 19.9 Å². The molecule has 2 rings (SSSR count). The molecular weight excluding hydrogens is 314 g/mol. The zero-order valence-corrected chi connectivity index (χ0v) is 13.9. The van der Waals surface area contributed by atoms with Crippen LogP contribution in [-0.2, 0) is 19.3 Å². The van der Waals surface area contributed by atoms with Gasteiger partial charge < -0.3 is 5.73 Å². The van der Waals surface area contributed by atoms with Crippen LogP contribution in [0.4, 0.5) is 0 Å². The highest BCUT2D eigenvalue weighted by Gasteiger charge is 2.11. The van der Waals surface area contributed by atoms with Gasteiger partial charge in [-0.15, -0.1) is 0 Å². The third-order valence-corrected chi connectivity index (χ3v) is 3.99. The molecule has 108 valence electrons. The summed E-state index contributed by atoms with van der Waals surface area (Å²) in [6.45, 7) is 6.32. The molecule has 1 atom stereocenters. The van der Waals surface area contributed by atoms with Crippen molar-refractivity contribution in [2.75, 3.05) is 0 Å². The highest BCUT2D eigenvalue weighted by Crippen LogP contribution is 2.25. The van der Waals surface area contributed by atoms with E-state index in [4.69, 9.17) is 5.73 Å². The zero-order valence-electron chi connectivity index (χ0n) is 12.4. The molecular formula is C16H22BrN3. The number of benzene rings is 1. The highest BCUT2D eigenvalue weighted by atomic mass is 79.9. The molecule has 20 heavy (non-hydrogen) atoms. The summed E-state index contributed by atoms with van der Waals surface area (Å²) < 4.78 is 3.11. The first-order valence-electron chi connectivity index (χ1n) is 7.17. The smallest absolute Gasteiger partial charge is 0.0791 e. The van der Waals surface area contributed by atoms with Crippen molar-refractivity contribution >= 4 is 15.9 Å². The predicted molar refractivity (Wildman–Crippen MR) is 87.4 cm³/mol. The van der Waals surface area contributed by atoms with Crippen molar-refractivity contribution in [3.8, 4) is 5.69 Å². The number of nitrogens with zero attached hydrogens (tertiary/aromatic N) is 2. The van der Waals surface area contributed by atoms with Crippen LogP contribution in [0.1, 0.15) is 37.7 Å². The molecule has 3 nitrogen and oxygen atoms in total. The molecule has 1 aromatic heterocycles. The first kappa shape index (κ1) is 15.3. The van der Waals surface area contributed by atoms with E-state index in [9.17, 15) is 0 Å². The van der Waals surface area contributed by atoms with Gasteiger partial charge >= 0.3 is 0 Å². The summed E-state index contributed by atoms with van der Waals surface area (Å²) in [6, 6.07) is 8.76. The Hall–Kier alpha value is -1.13. The molecule has 0 aliphatic rings. The first-order chi connectivity index (χ1) is 9.55. The van der Waals surface area contributed by atoms with Crippen LogP contribution in [0.5, 0.6) is 0 Å². The summed E-state index contributed by atoms with van der Waals surface area (Å²) in [5, 5.41) is 4.68. The van der Waals surface area contributed by atoms with Crippen LogP contribution in [0.2, 0.25) is 0 Å². The van der Waals surface area contributed by atoms with Gasteiger partial charge in [-0.05, 0) is 65.9 Å². The summed E-state index contributed by atoms with van der Waals surface area (Å²) >= 11 is 3.67. The van der Waals surface area contributed by atoms with Gasteiger partial charge in [-0.2, -0.15) is 5.10 Å². The summed E-state index contributed by atoms with van der Waals surface area (Å²) in [5.74, 6) is 0. The molecule has 0 saturated carbocycles. The van der Waals surface area contributed by atoms with Crippen LogP contribution in [0.15, 0.2) is 28.7 Å². The molecule has 2 N–H and O–H groups in total. The minimum atomic E-state index is 0.176. The van der Waals surface area contributed by atoms with E-state index in [1.807, 2.05) is 11.6 Å². The summed E-state index contributed by atoms with van der Waals surface area (Å²) in [4.78, 5) is 0. The molecule has 2 aromatic rings. The number of hydrogen-bond acceptors (Lipinski definition) is 2. The Kier molecular flexibility index (Phi) is 5.00. The third kappa shape index (κ3) is 3.30. The van der Waals surface area contributed by atoms with Crippen molar-refractivity contribution in [2.24, 2.45) is 5.73 Å². The lowest BCUT2D eigenvalue weighted by atomic mass is 10.1. The van der Waals surface area contributed by atoms with E-state index in [2.05, 4.69) is 59.1 Å². The van der Waals surface area contributed by atoms with E-state index in [-0.39, 0.29) is 6.04 Å². The number of aryl methyl sites for hydroxylation is 2. The predicted octanol–water partition coefficient (Wildman–Crippen LogP) is 3.65. The van der Waals surface area contributed by atoms with E-state index in [1.165, 1.54) is 11.3 Å². The van der Waals surface area contributed by atoms with Crippen LogP contribution in [-0.4, -0.2) is 15.8 Å². The Morgan fingerprint density at radius 2 is 2.00 bits per heavy atom. The van der Waals surface area contributed by atoms with Gasteiger partial charge in [0.2, 0.25) is 0 Å². The molecule has 0 radical (unpaired) electrons. The molecule has 0 spiro atoms. The molecule has 0 fully saturated rings. The quantitative estimate of drug-likeness (QED) is 0.906. The monoisotopic (exact) mass is 335 g/mol. The van der Waals surface area contributed by atoms with E-state index < -0.39 is 0 Å². The molecule has 1 aromatic carbocycles. The second kappa shape index (κ2) is 6.55. The van der Waals surface area contributed by atoms with E-state index in [0.29, 0.717) is 0 Å². The van der Waals surface area contributed by atoms with E-state index >= 15 is 0 Å². The van der Waals surface area contributed by atoms with Gasteiger partial charge in [-0.25, -0.2) is 4.68 Å². The molecule has 0 saturated heterocycles. The van der Waals surface area contributed by atoms with E-state index in [0.717, 1.165) is 35.1 Å². The van der Waals surface area contributed by atoms with Gasteiger partial charge in [-0.3, -0.25) is 0 Å². The van der Waals surface area contributed by atoms with Crippen LogP contribution in [0.3, 0.4) is 0 Å². The fourth-order valence-corrected chi connectivity index (χ4v) is 2.92. The Balaban J connectivity index is 2.40. The average Bonchev–Trinajstić information content (AvgIpc) is 2.81. The van der Waals surface area contributed by atoms with Crippen molar-refractivity contribution in [1.82, 2.24) is 9.78 Å². The lowest BCUT2D eigenvalue weighted by molar-refractivity contribution is 0.736. The van der Waals surface area contributed by atoms with Crippen molar-refractivity contribution in [1.29, 1.82) is 0 Å². The molecule has 0 bridgehead atoms. The van der Waals surface area contributed by atoms with Crippen molar-refractivity contribution in [3.05, 3.63) is 45.7 Å². The lowest BCUT2D eigenvalue weighted by Gasteiger charge is -2.11. The van der Waals surface area contributed by atoms with Crippen LogP contribution in [0, 0.1) is 0 Å². The number of hydrogen-bond donors (Lipinski definition) is 1. The maximum Gasteiger partial charge on any atom is 0.0791 e. The van der Waals surface area contributed by atoms with Gasteiger partial charge in [0.15, 0.2) is 0 Å². The largest absolute Gasteiger partial charge is 0.328 e. The Morgan fingerprint density at radius 1 is 1.25 bits per heavy atom. The standard InChI is InChI=1S/C16H22BrN3/c1-4-13-10-14(5-2)20(19-13)16-7-6-12(8-11(3)18)9-15(16)17/h6-7,9-11H,4-5,8,18H2,1-3H3. The number of nitrogens with two attached hydrogens (primary N) is 1. The van der Waals surface area contributed by atoms with Crippen LogP contribution < -0.4 is 5.73 Å². The Bertz CT molecular complexity index is 587. The number of aromatic nitrogens is 2. The van der Waals surface area contributed by atoms with E-state index in [1.54, 1.807) is 0 Å². The molecule has 0 aliphatic carbocycles. The van der Waals surface area contributed by atoms with Crippen LogP contribution in [0.25, 0.3) is 5.69 Å². The van der Waals surface area contributed by atoms with Gasteiger partial charge in [0.25, 0.3) is 0 Å². The molecule has 1 heterocycles. The lowest BCUT2D eigenvalue weighted by Crippen LogP contribution is -2.17. The van der Waals surface area contributed by atoms with Crippen molar-refractivity contribution in [3.63, 3.8) is 0 Å². The maximum atomic E-state index is 5.86. The minimum absolute atomic E-state index is 0.176. The third-order valence-electron chi connectivity index (χ3n) is 3.36. The Labute approximate surface area is 129 Å². The minimum Gasteiger partial charge on any atom is -0.328 e.